The average molecular weight is 453 g/mol. The first-order chi connectivity index (χ1) is 17.8. The molecule has 0 fully saturated rings. The smallest absolute Gasteiger partial charge is 0.00201 e. The molecule has 2 aliphatic carbocycles. The lowest BCUT2D eigenvalue weighted by Gasteiger charge is -2.12. The van der Waals surface area contributed by atoms with Crippen LogP contribution in [-0.2, 0) is 0 Å². The second kappa shape index (κ2) is 6.50. The van der Waals surface area contributed by atoms with Crippen molar-refractivity contribution in [2.75, 3.05) is 0 Å². The normalized spacial score (nSPS) is 12.4. The summed E-state index contributed by atoms with van der Waals surface area (Å²) in [5.74, 6) is 0. The van der Waals surface area contributed by atoms with Gasteiger partial charge in [0, 0.05) is 0 Å². The number of rotatable bonds is 1. The first-order valence-corrected chi connectivity index (χ1v) is 12.6. The van der Waals surface area contributed by atoms with E-state index < -0.39 is 0 Å². The Kier molecular flexibility index (Phi) is 3.36. The van der Waals surface area contributed by atoms with Gasteiger partial charge in [0.25, 0.3) is 0 Å². The van der Waals surface area contributed by atoms with E-state index in [4.69, 9.17) is 0 Å². The maximum atomic E-state index is 2.41. The molecule has 2 aliphatic rings. The Balaban J connectivity index is 1.29. The highest BCUT2D eigenvalue weighted by Gasteiger charge is 2.25. The van der Waals surface area contributed by atoms with E-state index in [1.807, 2.05) is 0 Å². The fraction of sp³-hybridized carbons (Fsp3) is 0. The van der Waals surface area contributed by atoms with Crippen LogP contribution in [0.5, 0.6) is 0 Å². The largest absolute Gasteiger partial charge is 0.0616 e. The molecule has 0 N–H and O–H groups in total. The van der Waals surface area contributed by atoms with Crippen LogP contribution in [0.4, 0.5) is 0 Å². The van der Waals surface area contributed by atoms with E-state index in [0.29, 0.717) is 0 Å². The van der Waals surface area contributed by atoms with Crippen molar-refractivity contribution in [1.82, 2.24) is 0 Å². The molecular weight excluding hydrogens is 432 g/mol. The molecule has 0 radical (unpaired) electrons. The molecule has 0 heterocycles. The van der Waals surface area contributed by atoms with Crippen LogP contribution in [0.2, 0.25) is 0 Å². The molecule has 7 aromatic rings. The Morgan fingerprint density at radius 2 is 0.806 bits per heavy atom. The van der Waals surface area contributed by atoms with Gasteiger partial charge in [-0.15, -0.1) is 0 Å². The van der Waals surface area contributed by atoms with Crippen LogP contribution in [-0.4, -0.2) is 0 Å². The van der Waals surface area contributed by atoms with Gasteiger partial charge in [0.1, 0.15) is 0 Å². The van der Waals surface area contributed by atoms with E-state index in [0.717, 1.165) is 0 Å². The summed E-state index contributed by atoms with van der Waals surface area (Å²) in [6, 6.07) is 45.3. The van der Waals surface area contributed by atoms with Crippen molar-refractivity contribution >= 4 is 32.3 Å². The van der Waals surface area contributed by atoms with E-state index in [1.165, 1.54) is 88.0 Å². The van der Waals surface area contributed by atoms with Crippen molar-refractivity contribution in [1.29, 1.82) is 0 Å². The number of benzene rings is 7. The molecule has 0 aromatic heterocycles. The second-order valence-corrected chi connectivity index (χ2v) is 10.1. The summed E-state index contributed by atoms with van der Waals surface area (Å²) in [5, 5.41) is 8.01. The molecule has 0 saturated carbocycles. The minimum atomic E-state index is 1.28. The second-order valence-electron chi connectivity index (χ2n) is 10.1. The van der Waals surface area contributed by atoms with Gasteiger partial charge in [-0.2, -0.15) is 0 Å². The molecule has 164 valence electrons. The minimum absolute atomic E-state index is 1.28. The highest BCUT2D eigenvalue weighted by molar-refractivity contribution is 6.21. The zero-order valence-corrected chi connectivity index (χ0v) is 19.5. The summed E-state index contributed by atoms with van der Waals surface area (Å²) in [6.07, 6.45) is 0. The predicted octanol–water partition coefficient (Wildman–Crippen LogP) is 10.1. The Morgan fingerprint density at radius 3 is 1.56 bits per heavy atom. The van der Waals surface area contributed by atoms with Crippen LogP contribution in [0.1, 0.15) is 0 Å². The zero-order chi connectivity index (χ0) is 23.4. The highest BCUT2D eigenvalue weighted by Crippen LogP contribution is 2.52. The van der Waals surface area contributed by atoms with Crippen molar-refractivity contribution in [2.24, 2.45) is 0 Å². The zero-order valence-electron chi connectivity index (χ0n) is 19.5. The van der Waals surface area contributed by atoms with E-state index >= 15 is 0 Å². The van der Waals surface area contributed by atoms with Crippen LogP contribution in [0, 0.1) is 0 Å². The fourth-order valence-electron chi connectivity index (χ4n) is 6.75. The van der Waals surface area contributed by atoms with E-state index in [1.54, 1.807) is 0 Å². The summed E-state index contributed by atoms with van der Waals surface area (Å²) < 4.78 is 0. The predicted molar refractivity (Wildman–Crippen MR) is 153 cm³/mol. The monoisotopic (exact) mass is 452 g/mol. The van der Waals surface area contributed by atoms with Crippen molar-refractivity contribution in [3.05, 3.63) is 121 Å². The summed E-state index contributed by atoms with van der Waals surface area (Å²) in [4.78, 5) is 0. The molecule has 7 aromatic carbocycles. The van der Waals surface area contributed by atoms with Gasteiger partial charge in [-0.3, -0.25) is 0 Å². The lowest BCUT2D eigenvalue weighted by atomic mass is 9.92. The maximum absolute atomic E-state index is 2.41. The highest BCUT2D eigenvalue weighted by atomic mass is 14.3. The van der Waals surface area contributed by atoms with Gasteiger partial charge in [0.05, 0.1) is 0 Å². The van der Waals surface area contributed by atoms with Gasteiger partial charge in [-0.05, 0) is 106 Å². The molecular formula is C36H20. The van der Waals surface area contributed by atoms with Crippen LogP contribution >= 0.6 is 0 Å². The summed E-state index contributed by atoms with van der Waals surface area (Å²) in [6.45, 7) is 0. The van der Waals surface area contributed by atoms with E-state index in [9.17, 15) is 0 Å². The van der Waals surface area contributed by atoms with Gasteiger partial charge in [0.2, 0.25) is 0 Å². The van der Waals surface area contributed by atoms with Gasteiger partial charge in [-0.1, -0.05) is 103 Å². The lowest BCUT2D eigenvalue weighted by Crippen LogP contribution is -1.85. The number of hydrogen-bond acceptors (Lipinski definition) is 0. The molecule has 0 unspecified atom stereocenters. The standard InChI is InChI=1S/C36H20/c1-2-7-23-19-34-31-17-16-25(27-12-5-13-30(36(27)31)33(34)18-22(23)6-1)24-14-15-26-28-10-3-8-21-9-4-11-29(35(21)28)32(26)20-24/h1-20H. The molecule has 0 spiro atoms. The Labute approximate surface area is 209 Å². The van der Waals surface area contributed by atoms with Gasteiger partial charge in [0.15, 0.2) is 0 Å². The fourth-order valence-corrected chi connectivity index (χ4v) is 6.75. The van der Waals surface area contributed by atoms with Crippen LogP contribution in [0.25, 0.3) is 88.0 Å². The molecule has 0 bridgehead atoms. The molecule has 0 heteroatoms. The minimum Gasteiger partial charge on any atom is -0.0616 e. The number of hydrogen-bond donors (Lipinski definition) is 0. The third-order valence-electron chi connectivity index (χ3n) is 8.32. The first kappa shape index (κ1) is 18.6. The summed E-state index contributed by atoms with van der Waals surface area (Å²) >= 11 is 0. The molecule has 36 heavy (non-hydrogen) atoms. The average Bonchev–Trinajstić information content (AvgIpc) is 3.43. The lowest BCUT2D eigenvalue weighted by molar-refractivity contribution is 1.65. The molecule has 0 atom stereocenters. The SMILES string of the molecule is c1ccc2cc3c(cc2c1)-c1cccc2c(-c4ccc5c(c4)-c4cccc6cccc-5c46)ccc-3c12. The Morgan fingerprint density at radius 1 is 0.278 bits per heavy atom. The van der Waals surface area contributed by atoms with Gasteiger partial charge < -0.3 is 0 Å². The molecule has 0 aliphatic heterocycles. The quantitative estimate of drug-likeness (QED) is 0.232. The van der Waals surface area contributed by atoms with Crippen molar-refractivity contribution in [3.63, 3.8) is 0 Å². The first-order valence-electron chi connectivity index (χ1n) is 12.6. The molecule has 9 rings (SSSR count). The number of fused-ring (bicyclic) bond motifs is 7. The van der Waals surface area contributed by atoms with Gasteiger partial charge in [-0.25, -0.2) is 0 Å². The van der Waals surface area contributed by atoms with E-state index in [-0.39, 0.29) is 0 Å². The Hall–Kier alpha value is -4.68. The van der Waals surface area contributed by atoms with E-state index in [2.05, 4.69) is 121 Å². The summed E-state index contributed by atoms with van der Waals surface area (Å²) in [5.41, 5.74) is 13.4. The Bertz CT molecular complexity index is 2040. The molecule has 0 saturated heterocycles. The van der Waals surface area contributed by atoms with Crippen molar-refractivity contribution in [2.45, 2.75) is 0 Å². The summed E-state index contributed by atoms with van der Waals surface area (Å²) in [7, 11) is 0. The maximum Gasteiger partial charge on any atom is -0.00201 e. The third-order valence-corrected chi connectivity index (χ3v) is 8.32. The van der Waals surface area contributed by atoms with Crippen LogP contribution < -0.4 is 0 Å². The van der Waals surface area contributed by atoms with Crippen molar-refractivity contribution in [3.8, 4) is 55.6 Å². The molecule has 0 nitrogen and oxygen atoms in total. The van der Waals surface area contributed by atoms with Crippen molar-refractivity contribution < 1.29 is 0 Å². The topological polar surface area (TPSA) is 0 Å². The van der Waals surface area contributed by atoms with Crippen LogP contribution in [0.15, 0.2) is 121 Å². The van der Waals surface area contributed by atoms with Gasteiger partial charge >= 0.3 is 0 Å². The van der Waals surface area contributed by atoms with Crippen LogP contribution in [0.3, 0.4) is 0 Å². The third kappa shape index (κ3) is 2.25. The molecule has 0 amide bonds.